The summed E-state index contributed by atoms with van der Waals surface area (Å²) in [7, 11) is 1.60. The van der Waals surface area contributed by atoms with Gasteiger partial charge in [0.05, 0.1) is 30.2 Å². The fourth-order valence-electron chi connectivity index (χ4n) is 2.18. The van der Waals surface area contributed by atoms with Gasteiger partial charge in [-0.05, 0) is 31.0 Å². The first-order chi connectivity index (χ1) is 8.11. The summed E-state index contributed by atoms with van der Waals surface area (Å²) in [5, 5.41) is 0.547. The molecule has 2 rings (SSSR count). The average Bonchev–Trinajstić information content (AvgIpc) is 2.75. The van der Waals surface area contributed by atoms with Crippen molar-refractivity contribution in [2.75, 3.05) is 13.7 Å². The minimum atomic E-state index is -0.0524. The summed E-state index contributed by atoms with van der Waals surface area (Å²) in [6, 6.07) is 5.69. The van der Waals surface area contributed by atoms with Crippen LogP contribution in [0.2, 0.25) is 5.02 Å². The van der Waals surface area contributed by atoms with Gasteiger partial charge in [-0.15, -0.1) is 11.6 Å². The molecule has 2 nitrogen and oxygen atoms in total. The molecule has 1 saturated heterocycles. The van der Waals surface area contributed by atoms with Crippen LogP contribution in [-0.4, -0.2) is 19.8 Å². The van der Waals surface area contributed by atoms with Crippen molar-refractivity contribution in [3.8, 4) is 5.75 Å². The van der Waals surface area contributed by atoms with Gasteiger partial charge < -0.3 is 9.47 Å². The second kappa shape index (κ2) is 5.47. The largest absolute Gasteiger partial charge is 0.495 e. The highest BCUT2D eigenvalue weighted by Gasteiger charge is 2.29. The van der Waals surface area contributed by atoms with E-state index in [0.29, 0.717) is 22.8 Å². The zero-order chi connectivity index (χ0) is 12.4. The molecule has 3 atom stereocenters. The molecule has 3 unspecified atom stereocenters. The van der Waals surface area contributed by atoms with Crippen molar-refractivity contribution < 1.29 is 9.47 Å². The Kier molecular flexibility index (Phi) is 4.18. The van der Waals surface area contributed by atoms with Crippen molar-refractivity contribution in [3.63, 3.8) is 0 Å². The third-order valence-corrected chi connectivity index (χ3v) is 4.04. The van der Waals surface area contributed by atoms with E-state index in [2.05, 4.69) is 6.92 Å². The predicted octanol–water partition coefficient (Wildman–Crippen LogP) is 4.05. The van der Waals surface area contributed by atoms with Crippen LogP contribution in [0.25, 0.3) is 0 Å². The number of hydrogen-bond acceptors (Lipinski definition) is 2. The third kappa shape index (κ3) is 2.87. The lowest BCUT2D eigenvalue weighted by Crippen LogP contribution is -2.08. The number of hydrogen-bond donors (Lipinski definition) is 0. The molecule has 4 heteroatoms. The first-order valence-electron chi connectivity index (χ1n) is 5.71. The lowest BCUT2D eigenvalue weighted by atomic mass is 9.96. The lowest BCUT2D eigenvalue weighted by Gasteiger charge is -2.16. The van der Waals surface area contributed by atoms with Gasteiger partial charge in [-0.1, -0.05) is 17.7 Å². The molecule has 0 amide bonds. The van der Waals surface area contributed by atoms with Crippen LogP contribution in [0, 0.1) is 5.92 Å². The average molecular weight is 275 g/mol. The fraction of sp³-hybridized carbons (Fsp3) is 0.538. The van der Waals surface area contributed by atoms with Crippen LogP contribution in [0.3, 0.4) is 0 Å². The zero-order valence-corrected chi connectivity index (χ0v) is 11.5. The van der Waals surface area contributed by atoms with E-state index in [1.807, 2.05) is 18.2 Å². The second-order valence-corrected chi connectivity index (χ2v) is 5.31. The van der Waals surface area contributed by atoms with Gasteiger partial charge in [0.25, 0.3) is 0 Å². The summed E-state index contributed by atoms with van der Waals surface area (Å²) >= 11 is 12.6. The maximum atomic E-state index is 6.47. The summed E-state index contributed by atoms with van der Waals surface area (Å²) in [5.41, 5.74) is 1.03. The summed E-state index contributed by atoms with van der Waals surface area (Å²) in [6.07, 6.45) is 1.30. The Bertz CT molecular complexity index is 395. The molecule has 1 heterocycles. The van der Waals surface area contributed by atoms with Crippen LogP contribution in [0.15, 0.2) is 18.2 Å². The highest BCUT2D eigenvalue weighted by atomic mass is 35.5. The molecule has 0 spiro atoms. The summed E-state index contributed by atoms with van der Waals surface area (Å²) in [6.45, 7) is 2.80. The normalized spacial score (nSPS) is 25.9. The Morgan fingerprint density at radius 3 is 2.76 bits per heavy atom. The van der Waals surface area contributed by atoms with Crippen molar-refractivity contribution in [1.29, 1.82) is 0 Å². The van der Waals surface area contributed by atoms with Crippen molar-refractivity contribution >= 4 is 23.2 Å². The monoisotopic (exact) mass is 274 g/mol. The molecular weight excluding hydrogens is 259 g/mol. The van der Waals surface area contributed by atoms with E-state index < -0.39 is 0 Å². The molecule has 0 aliphatic carbocycles. The van der Waals surface area contributed by atoms with Crippen LogP contribution in [-0.2, 0) is 4.74 Å². The van der Waals surface area contributed by atoms with E-state index in [4.69, 9.17) is 32.7 Å². The Balaban J connectivity index is 2.14. The molecule has 17 heavy (non-hydrogen) atoms. The van der Waals surface area contributed by atoms with E-state index >= 15 is 0 Å². The van der Waals surface area contributed by atoms with Crippen LogP contribution in [0.1, 0.15) is 24.3 Å². The van der Waals surface area contributed by atoms with E-state index in [9.17, 15) is 0 Å². The van der Waals surface area contributed by atoms with Gasteiger partial charge >= 0.3 is 0 Å². The molecule has 1 aliphatic heterocycles. The van der Waals surface area contributed by atoms with E-state index in [1.165, 1.54) is 0 Å². The Hall–Kier alpha value is -0.440. The van der Waals surface area contributed by atoms with E-state index in [-0.39, 0.29) is 5.38 Å². The number of methoxy groups -OCH3 is 1. The van der Waals surface area contributed by atoms with Crippen molar-refractivity contribution in [2.24, 2.45) is 5.92 Å². The van der Waals surface area contributed by atoms with Crippen molar-refractivity contribution in [2.45, 2.75) is 24.8 Å². The van der Waals surface area contributed by atoms with E-state index in [1.54, 1.807) is 7.11 Å². The van der Waals surface area contributed by atoms with Crippen LogP contribution in [0.4, 0.5) is 0 Å². The van der Waals surface area contributed by atoms with Gasteiger partial charge in [-0.25, -0.2) is 0 Å². The first-order valence-corrected chi connectivity index (χ1v) is 6.52. The third-order valence-electron chi connectivity index (χ3n) is 3.14. The summed E-state index contributed by atoms with van der Waals surface area (Å²) in [5.74, 6) is 1.03. The topological polar surface area (TPSA) is 18.5 Å². The first kappa shape index (κ1) is 13.0. The smallest absolute Gasteiger partial charge is 0.137 e. The summed E-state index contributed by atoms with van der Waals surface area (Å²) < 4.78 is 10.7. The van der Waals surface area contributed by atoms with Gasteiger partial charge in [-0.2, -0.15) is 0 Å². The molecule has 0 aromatic heterocycles. The Morgan fingerprint density at radius 1 is 1.47 bits per heavy atom. The molecule has 0 bridgehead atoms. The van der Waals surface area contributed by atoms with E-state index in [0.717, 1.165) is 18.6 Å². The molecular formula is C13H16Cl2O2. The fourth-order valence-corrected chi connectivity index (χ4v) is 2.76. The number of rotatable bonds is 3. The highest BCUT2D eigenvalue weighted by molar-refractivity contribution is 6.32. The molecule has 0 N–H and O–H groups in total. The second-order valence-electron chi connectivity index (χ2n) is 4.44. The molecule has 1 aromatic rings. The predicted molar refractivity (Wildman–Crippen MR) is 70.1 cm³/mol. The van der Waals surface area contributed by atoms with Gasteiger partial charge in [0, 0.05) is 5.92 Å². The van der Waals surface area contributed by atoms with Crippen LogP contribution in [0.5, 0.6) is 5.75 Å². The SMILES string of the molecule is COc1ccc(C(Cl)C2COC(C)C2)cc1Cl. The number of ether oxygens (including phenoxy) is 2. The lowest BCUT2D eigenvalue weighted by molar-refractivity contribution is 0.120. The molecule has 1 aliphatic rings. The van der Waals surface area contributed by atoms with Crippen LogP contribution < -0.4 is 4.74 Å². The molecule has 1 fully saturated rings. The maximum Gasteiger partial charge on any atom is 0.137 e. The van der Waals surface area contributed by atoms with Crippen molar-refractivity contribution in [1.82, 2.24) is 0 Å². The minimum absolute atomic E-state index is 0.0524. The van der Waals surface area contributed by atoms with Crippen molar-refractivity contribution in [3.05, 3.63) is 28.8 Å². The molecule has 94 valence electrons. The van der Waals surface area contributed by atoms with Gasteiger partial charge in [0.2, 0.25) is 0 Å². The van der Waals surface area contributed by atoms with Gasteiger partial charge in [0.15, 0.2) is 0 Å². The maximum absolute atomic E-state index is 6.47. The Morgan fingerprint density at radius 2 is 2.24 bits per heavy atom. The number of halogens is 2. The van der Waals surface area contributed by atoms with Gasteiger partial charge in [-0.3, -0.25) is 0 Å². The van der Waals surface area contributed by atoms with Crippen LogP contribution >= 0.6 is 23.2 Å². The zero-order valence-electron chi connectivity index (χ0n) is 9.95. The highest BCUT2D eigenvalue weighted by Crippen LogP contribution is 2.38. The number of benzene rings is 1. The minimum Gasteiger partial charge on any atom is -0.495 e. The van der Waals surface area contributed by atoms with Gasteiger partial charge in [0.1, 0.15) is 5.75 Å². The standard InChI is InChI=1S/C13H16Cl2O2/c1-8-5-10(7-17-8)13(15)9-3-4-12(16-2)11(14)6-9/h3-4,6,8,10,13H,5,7H2,1-2H3. The summed E-state index contributed by atoms with van der Waals surface area (Å²) in [4.78, 5) is 0. The Labute approximate surface area is 112 Å². The quantitative estimate of drug-likeness (QED) is 0.775. The molecule has 0 saturated carbocycles. The molecule has 0 radical (unpaired) electrons. The number of alkyl halides is 1. The molecule has 1 aromatic carbocycles.